The van der Waals surface area contributed by atoms with E-state index in [1.165, 1.54) is 15.9 Å². The number of aromatic amines is 1. The Labute approximate surface area is 104 Å². The second-order valence-corrected chi connectivity index (χ2v) is 4.29. The number of hydrazine groups is 1. The van der Waals surface area contributed by atoms with Gasteiger partial charge in [0.2, 0.25) is 0 Å². The summed E-state index contributed by atoms with van der Waals surface area (Å²) in [6.45, 7) is 0.104. The molecule has 0 amide bonds. The average Bonchev–Trinajstić information content (AvgIpc) is 2.78. The zero-order valence-electron chi connectivity index (χ0n) is 9.13. The van der Waals surface area contributed by atoms with Crippen molar-refractivity contribution < 1.29 is 9.63 Å². The fourth-order valence-corrected chi connectivity index (χ4v) is 2.45. The largest absolute Gasteiger partial charge is 0.356 e. The predicted molar refractivity (Wildman–Crippen MR) is 64.7 cm³/mol. The number of nitrogens with two attached hydrogens (primary N) is 1. The summed E-state index contributed by atoms with van der Waals surface area (Å²) < 4.78 is 1.32. The average molecular weight is 270 g/mol. The topological polar surface area (TPSA) is 119 Å². The molecule has 0 unspecified atom stereocenters. The lowest BCUT2D eigenvalue weighted by Crippen LogP contribution is -2.31. The number of thiophene rings is 1. The highest BCUT2D eigenvalue weighted by Crippen LogP contribution is 2.15. The van der Waals surface area contributed by atoms with Crippen LogP contribution in [-0.2, 0) is 16.2 Å². The molecule has 2 heterocycles. The molecule has 9 heteroatoms. The molecular weight excluding hydrogens is 260 g/mol. The monoisotopic (exact) mass is 270 g/mol. The Morgan fingerprint density at radius 2 is 2.33 bits per heavy atom. The van der Waals surface area contributed by atoms with Gasteiger partial charge in [-0.05, 0) is 11.4 Å². The molecule has 2 aromatic heterocycles. The van der Waals surface area contributed by atoms with Gasteiger partial charge >= 0.3 is 11.7 Å². The lowest BCUT2D eigenvalue weighted by Gasteiger charge is -2.05. The van der Waals surface area contributed by atoms with Gasteiger partial charge in [-0.1, -0.05) is 5.59 Å². The smallest absolute Gasteiger partial charge is 0.329 e. The number of rotatable bonds is 4. The summed E-state index contributed by atoms with van der Waals surface area (Å²) in [5.41, 5.74) is 0.783. The minimum absolute atomic E-state index is 0.0385. The van der Waals surface area contributed by atoms with Crippen molar-refractivity contribution in [2.75, 3.05) is 0 Å². The number of hydrogen-bond donors (Lipinski definition) is 3. The Kier molecular flexibility index (Phi) is 3.55. The van der Waals surface area contributed by atoms with Gasteiger partial charge in [-0.15, -0.1) is 11.3 Å². The Balaban J connectivity index is 2.33. The number of carbonyl (C=O) groups excluding carboxylic acids is 1. The van der Waals surface area contributed by atoms with E-state index in [9.17, 15) is 14.4 Å². The molecule has 0 aromatic carbocycles. The summed E-state index contributed by atoms with van der Waals surface area (Å²) in [5, 5.41) is 2.13. The number of carbonyl (C=O) groups is 1. The van der Waals surface area contributed by atoms with Gasteiger partial charge in [0.1, 0.15) is 4.83 Å². The van der Waals surface area contributed by atoms with E-state index < -0.39 is 17.2 Å². The van der Waals surface area contributed by atoms with Crippen LogP contribution in [0.1, 0.15) is 6.42 Å². The molecule has 0 aliphatic carbocycles. The first-order chi connectivity index (χ1) is 8.63. The summed E-state index contributed by atoms with van der Waals surface area (Å²) in [5.74, 6) is 4.22. The molecule has 0 saturated heterocycles. The van der Waals surface area contributed by atoms with Crippen LogP contribution in [0, 0.1) is 0 Å². The van der Waals surface area contributed by atoms with Crippen molar-refractivity contribution in [1.82, 2.24) is 15.1 Å². The van der Waals surface area contributed by atoms with E-state index in [2.05, 4.69) is 9.82 Å². The first-order valence-corrected chi connectivity index (χ1v) is 5.87. The van der Waals surface area contributed by atoms with E-state index >= 15 is 0 Å². The number of nitrogens with one attached hydrogen (secondary N) is 2. The molecule has 0 bridgehead atoms. The lowest BCUT2D eigenvalue weighted by molar-refractivity contribution is -0.151. The van der Waals surface area contributed by atoms with Gasteiger partial charge in [-0.3, -0.25) is 19.1 Å². The Morgan fingerprint density at radius 1 is 1.56 bits per heavy atom. The van der Waals surface area contributed by atoms with Crippen LogP contribution in [0.2, 0.25) is 0 Å². The molecule has 18 heavy (non-hydrogen) atoms. The van der Waals surface area contributed by atoms with Gasteiger partial charge in [-0.2, -0.15) is 0 Å². The van der Waals surface area contributed by atoms with Gasteiger partial charge in [0.05, 0.1) is 11.8 Å². The summed E-state index contributed by atoms with van der Waals surface area (Å²) in [6.07, 6.45) is -0.0385. The number of hydrogen-bond acceptors (Lipinski definition) is 7. The molecule has 0 spiro atoms. The summed E-state index contributed by atoms with van der Waals surface area (Å²) >= 11 is 1.26. The van der Waals surface area contributed by atoms with Crippen molar-refractivity contribution in [1.29, 1.82) is 0 Å². The quantitative estimate of drug-likeness (QED) is 0.487. The van der Waals surface area contributed by atoms with E-state index in [0.29, 0.717) is 10.2 Å². The third-order valence-corrected chi connectivity index (χ3v) is 3.25. The maximum absolute atomic E-state index is 11.6. The number of nitrogens with zero attached hydrogens (tertiary/aromatic N) is 1. The van der Waals surface area contributed by atoms with Crippen LogP contribution in [0.3, 0.4) is 0 Å². The number of aromatic nitrogens is 2. The normalized spacial score (nSPS) is 10.7. The molecule has 0 aliphatic heterocycles. The molecule has 2 aromatic rings. The van der Waals surface area contributed by atoms with Gasteiger partial charge in [0.15, 0.2) is 0 Å². The Bertz CT molecular complexity index is 686. The SMILES string of the molecule is NNOC(=O)CCn1c(=O)[nH]c(=O)c2ccsc21. The zero-order chi connectivity index (χ0) is 13.1. The zero-order valence-corrected chi connectivity index (χ0v) is 9.95. The van der Waals surface area contributed by atoms with E-state index in [1.807, 2.05) is 0 Å². The second kappa shape index (κ2) is 5.12. The van der Waals surface area contributed by atoms with Crippen LogP contribution in [0.25, 0.3) is 10.2 Å². The minimum atomic E-state index is -0.597. The van der Waals surface area contributed by atoms with Crippen LogP contribution >= 0.6 is 11.3 Å². The van der Waals surface area contributed by atoms with Crippen LogP contribution in [0.15, 0.2) is 21.0 Å². The first kappa shape index (κ1) is 12.5. The lowest BCUT2D eigenvalue weighted by atomic mass is 10.4. The fourth-order valence-electron chi connectivity index (χ4n) is 1.53. The van der Waals surface area contributed by atoms with E-state index in [-0.39, 0.29) is 13.0 Å². The summed E-state index contributed by atoms with van der Waals surface area (Å²) in [7, 11) is 0. The third-order valence-electron chi connectivity index (χ3n) is 2.31. The highest BCUT2D eigenvalue weighted by molar-refractivity contribution is 7.16. The molecule has 0 radical (unpaired) electrons. The van der Waals surface area contributed by atoms with Crippen molar-refractivity contribution in [3.05, 3.63) is 32.3 Å². The minimum Gasteiger partial charge on any atom is -0.356 e. The highest BCUT2D eigenvalue weighted by atomic mass is 32.1. The van der Waals surface area contributed by atoms with Crippen LogP contribution in [0.4, 0.5) is 0 Å². The summed E-state index contributed by atoms with van der Waals surface area (Å²) in [6, 6.07) is 1.62. The maximum Gasteiger partial charge on any atom is 0.329 e. The van der Waals surface area contributed by atoms with Gasteiger partial charge < -0.3 is 4.84 Å². The van der Waals surface area contributed by atoms with Crippen LogP contribution in [0.5, 0.6) is 0 Å². The maximum atomic E-state index is 11.6. The molecule has 0 atom stereocenters. The molecule has 0 saturated carbocycles. The second-order valence-electron chi connectivity index (χ2n) is 3.39. The van der Waals surface area contributed by atoms with Gasteiger partial charge in [0.25, 0.3) is 5.56 Å². The number of aryl methyl sites for hydroxylation is 1. The van der Waals surface area contributed by atoms with Gasteiger partial charge in [0, 0.05) is 6.54 Å². The molecule has 0 fully saturated rings. The predicted octanol–water partition coefficient (Wildman–Crippen LogP) is -0.937. The van der Waals surface area contributed by atoms with Gasteiger partial charge in [-0.25, -0.2) is 10.6 Å². The molecule has 4 N–H and O–H groups in total. The van der Waals surface area contributed by atoms with Crippen molar-refractivity contribution in [2.45, 2.75) is 13.0 Å². The van der Waals surface area contributed by atoms with Crippen LogP contribution < -0.4 is 22.7 Å². The molecule has 8 nitrogen and oxygen atoms in total. The molecule has 2 rings (SSSR count). The summed E-state index contributed by atoms with van der Waals surface area (Å²) in [4.78, 5) is 41.3. The van der Waals surface area contributed by atoms with E-state index in [4.69, 9.17) is 5.84 Å². The van der Waals surface area contributed by atoms with Crippen molar-refractivity contribution in [3.63, 3.8) is 0 Å². The van der Waals surface area contributed by atoms with E-state index in [0.717, 1.165) is 0 Å². The molecular formula is C9H10N4O4S. The number of fused-ring (bicyclic) bond motifs is 1. The van der Waals surface area contributed by atoms with Crippen LogP contribution in [-0.4, -0.2) is 15.5 Å². The van der Waals surface area contributed by atoms with E-state index in [1.54, 1.807) is 17.0 Å². The first-order valence-electron chi connectivity index (χ1n) is 4.99. The third kappa shape index (κ3) is 2.32. The van der Waals surface area contributed by atoms with Crippen molar-refractivity contribution in [2.24, 2.45) is 5.84 Å². The Morgan fingerprint density at radius 3 is 3.06 bits per heavy atom. The molecule has 96 valence electrons. The van der Waals surface area contributed by atoms with Crippen molar-refractivity contribution in [3.8, 4) is 0 Å². The van der Waals surface area contributed by atoms with Crippen molar-refractivity contribution >= 4 is 27.5 Å². The molecule has 0 aliphatic rings. The fraction of sp³-hybridized carbons (Fsp3) is 0.222. The standard InChI is InChI=1S/C9H10N4O4S/c10-12-17-6(14)1-3-13-8-5(2-4-18-8)7(15)11-9(13)16/h2,4,12H,1,3,10H2,(H,11,15,16). The Hall–Kier alpha value is -1.97. The number of H-pyrrole nitrogens is 1. The highest BCUT2D eigenvalue weighted by Gasteiger charge is 2.10.